The first-order chi connectivity index (χ1) is 11.8. The number of anilines is 1. The molecule has 6 nitrogen and oxygen atoms in total. The number of ether oxygens (including phenoxy) is 2. The Morgan fingerprint density at radius 3 is 2.92 bits per heavy atom. The summed E-state index contributed by atoms with van der Waals surface area (Å²) < 4.78 is 12.1. The second kappa shape index (κ2) is 7.14. The maximum atomic E-state index is 6.23. The molecular formula is C17H22N4O2S. The van der Waals surface area contributed by atoms with E-state index in [2.05, 4.69) is 36.6 Å². The minimum Gasteiger partial charge on any atom is -0.376 e. The van der Waals surface area contributed by atoms with Gasteiger partial charge in [-0.15, -0.1) is 0 Å². The molecule has 24 heavy (non-hydrogen) atoms. The molecule has 2 aromatic heterocycles. The van der Waals surface area contributed by atoms with Crippen molar-refractivity contribution in [2.45, 2.75) is 12.1 Å². The molecule has 2 aliphatic heterocycles. The van der Waals surface area contributed by atoms with E-state index in [1.165, 1.54) is 5.56 Å². The van der Waals surface area contributed by atoms with Crippen molar-refractivity contribution in [2.75, 3.05) is 50.9 Å². The Morgan fingerprint density at radius 1 is 1.17 bits per heavy atom. The molecule has 2 aromatic rings. The highest BCUT2D eigenvalue weighted by Gasteiger charge is 2.40. The van der Waals surface area contributed by atoms with Crippen LogP contribution in [0.1, 0.15) is 5.56 Å². The van der Waals surface area contributed by atoms with E-state index in [9.17, 15) is 0 Å². The van der Waals surface area contributed by atoms with Crippen molar-refractivity contribution < 1.29 is 9.47 Å². The molecule has 0 unspecified atom stereocenters. The van der Waals surface area contributed by atoms with Crippen molar-refractivity contribution in [2.24, 2.45) is 0 Å². The molecule has 0 amide bonds. The smallest absolute Gasteiger partial charge is 0.225 e. The van der Waals surface area contributed by atoms with Crippen LogP contribution in [-0.2, 0) is 16.0 Å². The third-order valence-electron chi connectivity index (χ3n) is 4.50. The molecule has 0 N–H and O–H groups in total. The van der Waals surface area contributed by atoms with E-state index in [-0.39, 0.29) is 5.60 Å². The molecule has 0 bridgehead atoms. The minimum absolute atomic E-state index is 0.316. The molecule has 128 valence electrons. The molecular weight excluding hydrogens is 324 g/mol. The third kappa shape index (κ3) is 3.59. The van der Waals surface area contributed by atoms with Gasteiger partial charge in [0.05, 0.1) is 26.4 Å². The van der Waals surface area contributed by atoms with Crippen LogP contribution in [0.5, 0.6) is 0 Å². The Kier molecular flexibility index (Phi) is 4.75. The summed E-state index contributed by atoms with van der Waals surface area (Å²) in [5, 5.41) is 4.35. The van der Waals surface area contributed by atoms with Crippen molar-refractivity contribution in [3.63, 3.8) is 0 Å². The number of thiophene rings is 1. The summed E-state index contributed by atoms with van der Waals surface area (Å²) in [6.45, 7) is 6.38. The summed E-state index contributed by atoms with van der Waals surface area (Å²) in [5.41, 5.74) is 1.05. The fraction of sp³-hybridized carbons (Fsp3) is 0.529. The van der Waals surface area contributed by atoms with E-state index in [4.69, 9.17) is 9.47 Å². The van der Waals surface area contributed by atoms with Gasteiger partial charge in [-0.05, 0) is 28.5 Å². The highest BCUT2D eigenvalue weighted by atomic mass is 32.1. The summed E-state index contributed by atoms with van der Waals surface area (Å²) >= 11 is 1.75. The van der Waals surface area contributed by atoms with Crippen molar-refractivity contribution in [1.29, 1.82) is 0 Å². The van der Waals surface area contributed by atoms with Crippen molar-refractivity contribution in [3.05, 3.63) is 40.8 Å². The summed E-state index contributed by atoms with van der Waals surface area (Å²) in [7, 11) is 0. The minimum atomic E-state index is -0.316. The van der Waals surface area contributed by atoms with Crippen molar-refractivity contribution in [1.82, 2.24) is 14.9 Å². The van der Waals surface area contributed by atoms with Gasteiger partial charge in [0.2, 0.25) is 5.95 Å². The molecule has 0 aliphatic carbocycles. The lowest BCUT2D eigenvalue weighted by Gasteiger charge is -2.43. The molecule has 2 saturated heterocycles. The molecule has 0 aromatic carbocycles. The van der Waals surface area contributed by atoms with E-state index in [1.54, 1.807) is 23.7 Å². The van der Waals surface area contributed by atoms with Gasteiger partial charge in [0, 0.05) is 38.6 Å². The predicted molar refractivity (Wildman–Crippen MR) is 93.3 cm³/mol. The molecule has 2 fully saturated rings. The molecule has 4 heterocycles. The zero-order valence-corrected chi connectivity index (χ0v) is 14.5. The van der Waals surface area contributed by atoms with E-state index in [0.29, 0.717) is 13.2 Å². The fourth-order valence-corrected chi connectivity index (χ4v) is 4.07. The molecule has 1 spiro atoms. The van der Waals surface area contributed by atoms with Gasteiger partial charge < -0.3 is 14.4 Å². The van der Waals surface area contributed by atoms with Crippen LogP contribution in [0.25, 0.3) is 0 Å². The van der Waals surface area contributed by atoms with Gasteiger partial charge in [0.15, 0.2) is 0 Å². The molecule has 2 aliphatic rings. The zero-order chi connectivity index (χ0) is 16.2. The van der Waals surface area contributed by atoms with Crippen LogP contribution in [0.3, 0.4) is 0 Å². The number of rotatable bonds is 3. The quantitative estimate of drug-likeness (QED) is 0.842. The van der Waals surface area contributed by atoms with Crippen LogP contribution in [-0.4, -0.2) is 66.5 Å². The van der Waals surface area contributed by atoms with Crippen LogP contribution < -0.4 is 4.90 Å². The van der Waals surface area contributed by atoms with Gasteiger partial charge in [-0.3, -0.25) is 4.90 Å². The van der Waals surface area contributed by atoms with E-state index in [0.717, 1.165) is 45.3 Å². The predicted octanol–water partition coefficient (Wildman–Crippen LogP) is 1.65. The third-order valence-corrected chi connectivity index (χ3v) is 5.23. The summed E-state index contributed by atoms with van der Waals surface area (Å²) in [5.74, 6) is 0.751. The van der Waals surface area contributed by atoms with E-state index in [1.807, 2.05) is 6.07 Å². The Bertz CT molecular complexity index is 639. The van der Waals surface area contributed by atoms with Gasteiger partial charge in [-0.1, -0.05) is 0 Å². The Morgan fingerprint density at radius 2 is 2.08 bits per heavy atom. The first-order valence-electron chi connectivity index (χ1n) is 8.30. The maximum Gasteiger partial charge on any atom is 0.225 e. The van der Waals surface area contributed by atoms with Crippen molar-refractivity contribution >= 4 is 17.3 Å². The molecule has 7 heteroatoms. The summed E-state index contributed by atoms with van der Waals surface area (Å²) in [6, 6.07) is 4.04. The lowest BCUT2D eigenvalue weighted by molar-refractivity contribution is -0.134. The van der Waals surface area contributed by atoms with Crippen LogP contribution in [0, 0.1) is 0 Å². The van der Waals surface area contributed by atoms with Crippen LogP contribution in [0.4, 0.5) is 5.95 Å². The topological polar surface area (TPSA) is 50.7 Å². The standard InChI is InChI=1S/C17H22N4O2S/c1-3-18-16(19-4-1)21-6-7-22-14-17(13-21)12-20(5-8-23-17)10-15-2-9-24-11-15/h1-4,9,11H,5-8,10,12-14H2/t17-/m1/s1. The molecule has 0 radical (unpaired) electrons. The monoisotopic (exact) mass is 346 g/mol. The second-order valence-corrected chi connectivity index (χ2v) is 7.18. The van der Waals surface area contributed by atoms with Gasteiger partial charge in [-0.25, -0.2) is 9.97 Å². The SMILES string of the molecule is c1cnc(N2CCOC[C@@]3(CN(Cc4ccsc4)CCO3)C2)nc1. The first-order valence-corrected chi connectivity index (χ1v) is 9.24. The highest BCUT2D eigenvalue weighted by Crippen LogP contribution is 2.25. The summed E-state index contributed by atoms with van der Waals surface area (Å²) in [4.78, 5) is 13.4. The average molecular weight is 346 g/mol. The Labute approximate surface area is 146 Å². The highest BCUT2D eigenvalue weighted by molar-refractivity contribution is 7.07. The largest absolute Gasteiger partial charge is 0.376 e. The number of morpholine rings is 1. The number of hydrogen-bond acceptors (Lipinski definition) is 7. The van der Waals surface area contributed by atoms with Gasteiger partial charge in [-0.2, -0.15) is 11.3 Å². The number of hydrogen-bond donors (Lipinski definition) is 0. The summed E-state index contributed by atoms with van der Waals surface area (Å²) in [6.07, 6.45) is 3.57. The molecule has 0 saturated carbocycles. The normalized spacial score (nSPS) is 25.8. The van der Waals surface area contributed by atoms with Crippen LogP contribution >= 0.6 is 11.3 Å². The van der Waals surface area contributed by atoms with Crippen LogP contribution in [0.15, 0.2) is 35.3 Å². The Hall–Kier alpha value is -1.54. The van der Waals surface area contributed by atoms with Crippen LogP contribution in [0.2, 0.25) is 0 Å². The number of nitrogens with zero attached hydrogens (tertiary/aromatic N) is 4. The fourth-order valence-electron chi connectivity index (χ4n) is 3.41. The number of aromatic nitrogens is 2. The molecule has 4 rings (SSSR count). The van der Waals surface area contributed by atoms with Crippen molar-refractivity contribution in [3.8, 4) is 0 Å². The molecule has 1 atom stereocenters. The Balaban J connectivity index is 1.49. The maximum absolute atomic E-state index is 6.23. The lowest BCUT2D eigenvalue weighted by atomic mass is 10.0. The second-order valence-electron chi connectivity index (χ2n) is 6.40. The average Bonchev–Trinajstić information content (AvgIpc) is 3.03. The van der Waals surface area contributed by atoms with Gasteiger partial charge in [0.25, 0.3) is 0 Å². The van der Waals surface area contributed by atoms with E-state index < -0.39 is 0 Å². The van der Waals surface area contributed by atoms with E-state index >= 15 is 0 Å². The zero-order valence-electron chi connectivity index (χ0n) is 13.6. The van der Waals surface area contributed by atoms with Gasteiger partial charge >= 0.3 is 0 Å². The first kappa shape index (κ1) is 16.0. The lowest BCUT2D eigenvalue weighted by Crippen LogP contribution is -2.58. The van der Waals surface area contributed by atoms with Gasteiger partial charge in [0.1, 0.15) is 5.60 Å².